The van der Waals surface area contributed by atoms with Gasteiger partial charge in [0.05, 0.1) is 224 Å². The van der Waals surface area contributed by atoms with Crippen LogP contribution in [0.1, 0.15) is 0 Å². The fourth-order valence-corrected chi connectivity index (χ4v) is 3.73. The van der Waals surface area contributed by atoms with Crippen molar-refractivity contribution in [2.24, 2.45) is 0 Å². The lowest BCUT2D eigenvalue weighted by Gasteiger charge is -2.09. The topological polar surface area (TPSA) is 166 Å². The van der Waals surface area contributed by atoms with E-state index < -0.39 is 0 Å². The van der Waals surface area contributed by atoms with E-state index in [-0.39, 0.29) is 0 Å². The van der Waals surface area contributed by atoms with Crippen LogP contribution in [0.2, 0.25) is 0 Å². The van der Waals surface area contributed by atoms with Gasteiger partial charge < -0.3 is 85.3 Å². The smallest absolute Gasteiger partial charge is 0.111 e. The van der Waals surface area contributed by atoms with Crippen molar-refractivity contribution in [2.75, 3.05) is 232 Å². The number of methoxy groups -OCH3 is 1. The molecule has 0 saturated carbocycles. The van der Waals surface area contributed by atoms with Crippen LogP contribution >= 0.6 is 0 Å². The third-order valence-electron chi connectivity index (χ3n) is 6.48. The maximum Gasteiger partial charge on any atom is 0.111 e. The van der Waals surface area contributed by atoms with Crippen molar-refractivity contribution in [1.82, 2.24) is 0 Å². The first-order chi connectivity index (χ1) is 27.4. The van der Waals surface area contributed by atoms with E-state index >= 15 is 0 Å². The van der Waals surface area contributed by atoms with Crippen LogP contribution in [0.3, 0.4) is 0 Å². The minimum Gasteiger partial charge on any atom is -0.499 e. The minimum absolute atomic E-state index is 0.498. The Balaban J connectivity index is 3.05. The maximum atomic E-state index is 5.50. The van der Waals surface area contributed by atoms with Gasteiger partial charge in [-0.15, -0.1) is 0 Å². The van der Waals surface area contributed by atoms with Crippen molar-refractivity contribution in [3.05, 3.63) is 12.8 Å². The Hall–Kier alpha value is -1.14. The summed E-state index contributed by atoms with van der Waals surface area (Å²) in [6.07, 6.45) is 1.39. The summed E-state index contributed by atoms with van der Waals surface area (Å²) < 4.78 is 97.0. The lowest BCUT2D eigenvalue weighted by atomic mass is 10.6. The summed E-state index contributed by atoms with van der Waals surface area (Å²) in [6.45, 7) is 20.9. The third-order valence-corrected chi connectivity index (χ3v) is 6.48. The first kappa shape index (κ1) is 53.9. The van der Waals surface area contributed by atoms with Crippen LogP contribution in [-0.2, 0) is 85.3 Å². The zero-order valence-corrected chi connectivity index (χ0v) is 33.7. The van der Waals surface area contributed by atoms with Crippen LogP contribution in [0.4, 0.5) is 0 Å². The molecule has 0 aliphatic carbocycles. The molecule has 0 aromatic heterocycles. The monoisotopic (exact) mass is 806 g/mol. The van der Waals surface area contributed by atoms with Crippen molar-refractivity contribution in [2.45, 2.75) is 0 Å². The largest absolute Gasteiger partial charge is 0.499 e. The molecule has 0 fully saturated rings. The Kier molecular flexibility index (Phi) is 51.8. The molecule has 18 heteroatoms. The summed E-state index contributed by atoms with van der Waals surface area (Å²) >= 11 is 0. The van der Waals surface area contributed by atoms with E-state index in [2.05, 4.69) is 6.58 Å². The predicted molar refractivity (Wildman–Crippen MR) is 201 cm³/mol. The lowest BCUT2D eigenvalue weighted by molar-refractivity contribution is -0.0307. The highest BCUT2D eigenvalue weighted by Crippen LogP contribution is 1.89. The quantitative estimate of drug-likeness (QED) is 0.0632. The van der Waals surface area contributed by atoms with Crippen molar-refractivity contribution in [1.29, 1.82) is 0 Å². The molecule has 0 saturated heterocycles. The second-order valence-electron chi connectivity index (χ2n) is 10.8. The van der Waals surface area contributed by atoms with E-state index in [4.69, 9.17) is 85.3 Å². The summed E-state index contributed by atoms with van der Waals surface area (Å²) in [5, 5.41) is 0. The Bertz CT molecular complexity index is 684. The van der Waals surface area contributed by atoms with Gasteiger partial charge in [-0.3, -0.25) is 0 Å². The van der Waals surface area contributed by atoms with Crippen molar-refractivity contribution in [3.63, 3.8) is 0 Å². The maximum absolute atomic E-state index is 5.50. The highest BCUT2D eigenvalue weighted by molar-refractivity contribution is 4.48. The molecule has 0 aromatic carbocycles. The molecule has 0 unspecified atom stereocenters. The fraction of sp³-hybridized carbons (Fsp3) is 0.946. The molecule has 0 bridgehead atoms. The summed E-state index contributed by atoms with van der Waals surface area (Å²) in [4.78, 5) is 0. The molecule has 0 heterocycles. The van der Waals surface area contributed by atoms with Crippen LogP contribution in [-0.4, -0.2) is 232 Å². The van der Waals surface area contributed by atoms with Crippen molar-refractivity contribution in [3.8, 4) is 0 Å². The Labute approximate surface area is 329 Å². The summed E-state index contributed by atoms with van der Waals surface area (Å²) in [5.41, 5.74) is 0. The minimum atomic E-state index is 0.498. The fourth-order valence-electron chi connectivity index (χ4n) is 3.73. The van der Waals surface area contributed by atoms with Gasteiger partial charge >= 0.3 is 0 Å². The highest BCUT2D eigenvalue weighted by Gasteiger charge is 1.98. The van der Waals surface area contributed by atoms with Gasteiger partial charge in [-0.05, 0) is 0 Å². The molecule has 55 heavy (non-hydrogen) atoms. The molecular formula is C37H74O18. The van der Waals surface area contributed by atoms with Crippen LogP contribution in [0.25, 0.3) is 0 Å². The summed E-state index contributed by atoms with van der Waals surface area (Å²) in [7, 11) is 1.64. The van der Waals surface area contributed by atoms with Gasteiger partial charge in [0.1, 0.15) is 6.61 Å². The zero-order valence-electron chi connectivity index (χ0n) is 33.7. The molecule has 0 aliphatic heterocycles. The Morgan fingerprint density at radius 1 is 0.218 bits per heavy atom. The number of hydrogen-bond acceptors (Lipinski definition) is 18. The van der Waals surface area contributed by atoms with E-state index in [0.717, 1.165) is 0 Å². The predicted octanol–water partition coefficient (Wildman–Crippen LogP) is 1.06. The first-order valence-corrected chi connectivity index (χ1v) is 19.4. The van der Waals surface area contributed by atoms with Crippen LogP contribution in [0.5, 0.6) is 0 Å². The van der Waals surface area contributed by atoms with E-state index in [1.165, 1.54) is 6.26 Å². The van der Waals surface area contributed by atoms with Crippen LogP contribution < -0.4 is 0 Å². The highest BCUT2D eigenvalue weighted by atomic mass is 16.6. The molecule has 0 aromatic rings. The van der Waals surface area contributed by atoms with Gasteiger partial charge in [-0.25, -0.2) is 0 Å². The molecule has 0 aliphatic rings. The van der Waals surface area contributed by atoms with Gasteiger partial charge in [0.2, 0.25) is 0 Å². The van der Waals surface area contributed by atoms with E-state index in [9.17, 15) is 0 Å². The molecule has 0 rings (SSSR count). The van der Waals surface area contributed by atoms with Crippen LogP contribution in [0, 0.1) is 0 Å². The first-order valence-electron chi connectivity index (χ1n) is 19.4. The number of rotatable bonds is 52. The SMILES string of the molecule is C=COCCOCCOCCOCCOCCOCCOCCOCCOCCOCCOCCOCCOCCOCCOCCOCCOCCOC. The molecule has 0 spiro atoms. The molecule has 0 amide bonds. The molecule has 0 N–H and O–H groups in total. The van der Waals surface area contributed by atoms with E-state index in [1.807, 2.05) is 0 Å². The Morgan fingerprint density at radius 2 is 0.345 bits per heavy atom. The number of hydrogen-bond donors (Lipinski definition) is 0. The van der Waals surface area contributed by atoms with Crippen molar-refractivity contribution >= 4 is 0 Å². The Morgan fingerprint density at radius 3 is 0.473 bits per heavy atom. The average molecular weight is 807 g/mol. The normalized spacial score (nSPS) is 11.5. The van der Waals surface area contributed by atoms with Gasteiger partial charge in [0.15, 0.2) is 0 Å². The standard InChI is InChI=1S/C37H74O18/c1-3-39-6-7-41-10-11-43-14-15-45-18-19-47-22-23-49-26-27-51-30-31-53-34-35-55-37-36-54-33-32-52-29-28-50-25-24-48-21-20-46-17-16-44-13-12-42-9-8-40-5-4-38-2/h3H,1,4-37H2,2H3. The van der Waals surface area contributed by atoms with Crippen LogP contribution in [0.15, 0.2) is 12.8 Å². The zero-order chi connectivity index (χ0) is 39.5. The average Bonchev–Trinajstić information content (AvgIpc) is 3.20. The van der Waals surface area contributed by atoms with E-state index in [0.29, 0.717) is 225 Å². The molecule has 330 valence electrons. The lowest BCUT2D eigenvalue weighted by Crippen LogP contribution is -2.16. The van der Waals surface area contributed by atoms with Gasteiger partial charge in [0.25, 0.3) is 0 Å². The second-order valence-corrected chi connectivity index (χ2v) is 10.8. The molecule has 0 radical (unpaired) electrons. The van der Waals surface area contributed by atoms with E-state index in [1.54, 1.807) is 7.11 Å². The summed E-state index contributed by atoms with van der Waals surface area (Å²) in [6, 6.07) is 0. The van der Waals surface area contributed by atoms with Crippen molar-refractivity contribution < 1.29 is 85.3 Å². The van der Waals surface area contributed by atoms with Gasteiger partial charge in [-0.2, -0.15) is 0 Å². The second kappa shape index (κ2) is 52.9. The third kappa shape index (κ3) is 52.9. The molecule has 18 nitrogen and oxygen atoms in total. The molecule has 0 atom stereocenters. The van der Waals surface area contributed by atoms with Gasteiger partial charge in [0, 0.05) is 7.11 Å². The van der Waals surface area contributed by atoms with Gasteiger partial charge in [-0.1, -0.05) is 6.58 Å². The number of ether oxygens (including phenoxy) is 18. The summed E-state index contributed by atoms with van der Waals surface area (Å²) in [5.74, 6) is 0. The molecular weight excluding hydrogens is 732 g/mol.